The lowest BCUT2D eigenvalue weighted by atomic mass is 10.2. The first-order valence-corrected chi connectivity index (χ1v) is 7.12. The Bertz CT molecular complexity index is 1000. The summed E-state index contributed by atoms with van der Waals surface area (Å²) in [4.78, 5) is 26.8. The van der Waals surface area contributed by atoms with Gasteiger partial charge >= 0.3 is 0 Å². The summed E-state index contributed by atoms with van der Waals surface area (Å²) in [6, 6.07) is 15.1. The number of H-pyrrole nitrogens is 2. The minimum atomic E-state index is -0.499. The summed E-state index contributed by atoms with van der Waals surface area (Å²) in [5.41, 5.74) is 8.76. The van der Waals surface area contributed by atoms with Crippen LogP contribution in [-0.2, 0) is 0 Å². The Balaban J connectivity index is 1.80. The lowest BCUT2D eigenvalue weighted by molar-refractivity contribution is 0.100. The molecule has 0 atom stereocenters. The van der Waals surface area contributed by atoms with Crippen molar-refractivity contribution in [3.05, 3.63) is 60.3 Å². The number of primary amides is 1. The Kier molecular flexibility index (Phi) is 2.94. The number of nitrogens with one attached hydrogen (secondary N) is 2. The van der Waals surface area contributed by atoms with E-state index in [1.165, 1.54) is 0 Å². The quantitative estimate of drug-likeness (QED) is 0.542. The number of carbonyl (C=O) groups is 1. The molecule has 0 saturated heterocycles. The number of imidazole rings is 2. The summed E-state index contributed by atoms with van der Waals surface area (Å²) < 4.78 is 0. The van der Waals surface area contributed by atoms with E-state index in [4.69, 9.17) is 5.73 Å². The number of hydrogen-bond donors (Lipinski definition) is 3. The average molecular weight is 303 g/mol. The molecule has 0 aliphatic carbocycles. The molecule has 0 fully saturated rings. The molecule has 4 aromatic rings. The molecule has 23 heavy (non-hydrogen) atoms. The number of amides is 1. The van der Waals surface area contributed by atoms with E-state index in [-0.39, 0.29) is 0 Å². The van der Waals surface area contributed by atoms with Gasteiger partial charge in [0.15, 0.2) is 5.82 Å². The van der Waals surface area contributed by atoms with E-state index in [9.17, 15) is 4.79 Å². The van der Waals surface area contributed by atoms with Crippen molar-refractivity contribution in [3.63, 3.8) is 0 Å². The molecule has 0 aliphatic heterocycles. The maximum absolute atomic E-state index is 11.5. The molecule has 0 bridgehead atoms. The Morgan fingerprint density at radius 1 is 0.957 bits per heavy atom. The summed E-state index contributed by atoms with van der Waals surface area (Å²) in [6.45, 7) is 0. The highest BCUT2D eigenvalue weighted by Crippen LogP contribution is 2.24. The van der Waals surface area contributed by atoms with E-state index in [1.807, 2.05) is 36.4 Å². The second-order valence-corrected chi connectivity index (χ2v) is 5.15. The molecule has 4 rings (SSSR count). The van der Waals surface area contributed by atoms with Gasteiger partial charge in [0.05, 0.1) is 11.1 Å². The fourth-order valence-electron chi connectivity index (χ4n) is 2.54. The van der Waals surface area contributed by atoms with Crippen LogP contribution in [0.4, 0.5) is 0 Å². The third-order valence-corrected chi connectivity index (χ3v) is 3.65. The van der Waals surface area contributed by atoms with Crippen LogP contribution in [0.5, 0.6) is 0 Å². The predicted molar refractivity (Wildman–Crippen MR) is 87.6 cm³/mol. The van der Waals surface area contributed by atoms with Crippen molar-refractivity contribution in [2.45, 2.75) is 0 Å². The third kappa shape index (κ3) is 2.26. The van der Waals surface area contributed by atoms with E-state index in [1.54, 1.807) is 18.3 Å². The molecule has 0 unspecified atom stereocenters. The van der Waals surface area contributed by atoms with Crippen molar-refractivity contribution in [1.82, 2.24) is 19.9 Å². The average Bonchev–Trinajstić information content (AvgIpc) is 3.21. The summed E-state index contributed by atoms with van der Waals surface area (Å²) in [7, 11) is 0. The van der Waals surface area contributed by atoms with Gasteiger partial charge in [-0.3, -0.25) is 4.79 Å². The van der Waals surface area contributed by atoms with E-state index < -0.39 is 5.91 Å². The van der Waals surface area contributed by atoms with Crippen molar-refractivity contribution in [2.75, 3.05) is 0 Å². The van der Waals surface area contributed by atoms with Crippen LogP contribution < -0.4 is 5.73 Å². The Morgan fingerprint density at radius 2 is 1.78 bits per heavy atom. The fourth-order valence-corrected chi connectivity index (χ4v) is 2.54. The molecule has 2 heterocycles. The van der Waals surface area contributed by atoms with Gasteiger partial charge in [-0.25, -0.2) is 9.97 Å². The lowest BCUT2D eigenvalue weighted by Crippen LogP contribution is -2.11. The monoisotopic (exact) mass is 303 g/mol. The van der Waals surface area contributed by atoms with Gasteiger partial charge in [-0.1, -0.05) is 36.4 Å². The molecule has 0 aliphatic rings. The number of para-hydroxylation sites is 1. The zero-order valence-corrected chi connectivity index (χ0v) is 12.1. The van der Waals surface area contributed by atoms with Gasteiger partial charge in [0.1, 0.15) is 17.0 Å². The van der Waals surface area contributed by atoms with Gasteiger partial charge in [0, 0.05) is 11.8 Å². The Morgan fingerprint density at radius 3 is 2.57 bits per heavy atom. The molecule has 0 radical (unpaired) electrons. The normalized spacial score (nSPS) is 11.0. The van der Waals surface area contributed by atoms with Crippen molar-refractivity contribution in [2.24, 2.45) is 5.73 Å². The van der Waals surface area contributed by atoms with Gasteiger partial charge in [-0.15, -0.1) is 0 Å². The second-order valence-electron chi connectivity index (χ2n) is 5.15. The molecule has 0 spiro atoms. The van der Waals surface area contributed by atoms with E-state index in [0.717, 1.165) is 16.9 Å². The largest absolute Gasteiger partial charge is 0.366 e. The highest BCUT2D eigenvalue weighted by Gasteiger charge is 2.14. The number of aromatic nitrogens is 4. The maximum Gasteiger partial charge on any atom is 0.250 e. The summed E-state index contributed by atoms with van der Waals surface area (Å²) in [5.74, 6) is 0.851. The first-order valence-electron chi connectivity index (χ1n) is 7.12. The standard InChI is InChI=1S/C17H13N5O/c18-15(23)11-7-4-8-12-14(11)22-17(20-12)13-9-19-16(21-13)10-5-2-1-3-6-10/h1-9H,(H2,18,23)(H,19,21)(H,20,22). The van der Waals surface area contributed by atoms with Crippen LogP contribution in [-0.4, -0.2) is 25.8 Å². The van der Waals surface area contributed by atoms with Crippen LogP contribution in [0.1, 0.15) is 10.4 Å². The Hall–Kier alpha value is -3.41. The number of rotatable bonds is 3. The van der Waals surface area contributed by atoms with Crippen molar-refractivity contribution < 1.29 is 4.79 Å². The van der Waals surface area contributed by atoms with E-state index in [0.29, 0.717) is 22.6 Å². The van der Waals surface area contributed by atoms with Crippen molar-refractivity contribution in [3.8, 4) is 22.9 Å². The van der Waals surface area contributed by atoms with Gasteiger partial charge < -0.3 is 15.7 Å². The molecule has 1 amide bonds. The Labute approximate surface area is 131 Å². The number of aromatic amines is 2. The molecule has 0 saturated carbocycles. The van der Waals surface area contributed by atoms with Crippen LogP contribution in [0.15, 0.2) is 54.7 Å². The molecule has 112 valence electrons. The van der Waals surface area contributed by atoms with E-state index in [2.05, 4.69) is 19.9 Å². The second kappa shape index (κ2) is 5.10. The number of hydrogen-bond acceptors (Lipinski definition) is 3. The van der Waals surface area contributed by atoms with Crippen LogP contribution >= 0.6 is 0 Å². The number of nitrogens with two attached hydrogens (primary N) is 1. The highest BCUT2D eigenvalue weighted by molar-refractivity contribution is 6.04. The molecule has 4 N–H and O–H groups in total. The molecule has 6 heteroatoms. The molecular formula is C17H13N5O. The van der Waals surface area contributed by atoms with Gasteiger partial charge in [-0.2, -0.15) is 0 Å². The minimum absolute atomic E-state index is 0.392. The minimum Gasteiger partial charge on any atom is -0.366 e. The molecule has 2 aromatic heterocycles. The predicted octanol–water partition coefficient (Wildman–Crippen LogP) is 2.72. The van der Waals surface area contributed by atoms with Gasteiger partial charge in [0.2, 0.25) is 0 Å². The smallest absolute Gasteiger partial charge is 0.250 e. The van der Waals surface area contributed by atoms with E-state index >= 15 is 0 Å². The van der Waals surface area contributed by atoms with Crippen LogP contribution in [0.2, 0.25) is 0 Å². The zero-order chi connectivity index (χ0) is 15.8. The number of fused-ring (bicyclic) bond motifs is 1. The lowest BCUT2D eigenvalue weighted by Gasteiger charge is -1.94. The molecule has 2 aromatic carbocycles. The SMILES string of the molecule is NC(=O)c1cccc2[nH]c(-c3c[nH]c(-c4ccccc4)n3)nc12. The summed E-state index contributed by atoms with van der Waals surface area (Å²) in [5, 5.41) is 0. The molecule has 6 nitrogen and oxygen atoms in total. The van der Waals surface area contributed by atoms with Crippen LogP contribution in [0.25, 0.3) is 33.9 Å². The summed E-state index contributed by atoms with van der Waals surface area (Å²) in [6.07, 6.45) is 1.78. The third-order valence-electron chi connectivity index (χ3n) is 3.65. The molecular weight excluding hydrogens is 290 g/mol. The number of benzene rings is 2. The van der Waals surface area contributed by atoms with Crippen molar-refractivity contribution >= 4 is 16.9 Å². The number of carbonyl (C=O) groups excluding carboxylic acids is 1. The first kappa shape index (κ1) is 13.3. The highest BCUT2D eigenvalue weighted by atomic mass is 16.1. The number of nitrogens with zero attached hydrogens (tertiary/aromatic N) is 2. The van der Waals surface area contributed by atoms with Gasteiger partial charge in [0.25, 0.3) is 5.91 Å². The topological polar surface area (TPSA) is 100 Å². The van der Waals surface area contributed by atoms with Crippen molar-refractivity contribution in [1.29, 1.82) is 0 Å². The van der Waals surface area contributed by atoms with Crippen LogP contribution in [0, 0.1) is 0 Å². The summed E-state index contributed by atoms with van der Waals surface area (Å²) >= 11 is 0. The first-order chi connectivity index (χ1) is 11.2. The van der Waals surface area contributed by atoms with Crippen LogP contribution in [0.3, 0.4) is 0 Å². The fraction of sp³-hybridized carbons (Fsp3) is 0. The maximum atomic E-state index is 11.5. The van der Waals surface area contributed by atoms with Gasteiger partial charge in [-0.05, 0) is 12.1 Å². The zero-order valence-electron chi connectivity index (χ0n) is 12.1.